The second-order valence-electron chi connectivity index (χ2n) is 4.46. The molecule has 2 radical (unpaired) electrons. The van der Waals surface area contributed by atoms with Gasteiger partial charge in [-0.2, -0.15) is 7.28 Å². The highest BCUT2D eigenvalue weighted by molar-refractivity contribution is 6.59. The third kappa shape index (κ3) is 3.05. The number of halogens is 1. The number of hydrogen-bond donors (Lipinski definition) is 0. The first-order chi connectivity index (χ1) is 8.56. The van der Waals surface area contributed by atoms with Crippen LogP contribution in [0.25, 0.3) is 6.08 Å². The SMILES string of the molecule is C/C([B-]c1n(C)cc[n+]1C)=C/c1ccc(Cl)cc1. The van der Waals surface area contributed by atoms with Crippen LogP contribution >= 0.6 is 11.6 Å². The fourth-order valence-corrected chi connectivity index (χ4v) is 2.00. The van der Waals surface area contributed by atoms with Gasteiger partial charge in [-0.05, 0) is 17.7 Å². The lowest BCUT2D eigenvalue weighted by Gasteiger charge is -2.14. The molecule has 2 nitrogen and oxygen atoms in total. The highest BCUT2D eigenvalue weighted by Crippen LogP contribution is 2.11. The zero-order chi connectivity index (χ0) is 13.1. The van der Waals surface area contributed by atoms with Gasteiger partial charge in [-0.25, -0.2) is 0 Å². The Kier molecular flexibility index (Phi) is 3.92. The molecule has 0 amide bonds. The van der Waals surface area contributed by atoms with Crippen LogP contribution in [-0.4, -0.2) is 11.8 Å². The molecule has 0 saturated carbocycles. The van der Waals surface area contributed by atoms with E-state index in [1.807, 2.05) is 50.8 Å². The lowest BCUT2D eigenvalue weighted by atomic mass is 9.68. The van der Waals surface area contributed by atoms with Gasteiger partial charge in [-0.1, -0.05) is 36.7 Å². The first kappa shape index (κ1) is 13.0. The van der Waals surface area contributed by atoms with Gasteiger partial charge in [0.25, 0.3) is 0 Å². The minimum atomic E-state index is 0.766. The van der Waals surface area contributed by atoms with Crippen LogP contribution in [0.3, 0.4) is 0 Å². The first-order valence-electron chi connectivity index (χ1n) is 5.86. The molecule has 1 aromatic carbocycles. The lowest BCUT2D eigenvalue weighted by Crippen LogP contribution is -2.49. The molecule has 0 unspecified atom stereocenters. The molecule has 2 aromatic rings. The van der Waals surface area contributed by atoms with E-state index in [1.165, 1.54) is 5.47 Å². The van der Waals surface area contributed by atoms with Crippen molar-refractivity contribution in [3.63, 3.8) is 0 Å². The highest BCUT2D eigenvalue weighted by Gasteiger charge is 1.98. The van der Waals surface area contributed by atoms with Crippen molar-refractivity contribution in [3.8, 4) is 0 Å². The molecule has 0 saturated heterocycles. The maximum absolute atomic E-state index is 5.87. The molecule has 0 atom stereocenters. The summed E-state index contributed by atoms with van der Waals surface area (Å²) in [6.45, 7) is 2.10. The molecule has 0 aliphatic carbocycles. The average molecular weight is 259 g/mol. The number of aromatic nitrogens is 2. The van der Waals surface area contributed by atoms with Crippen molar-refractivity contribution >= 4 is 30.7 Å². The number of benzene rings is 1. The van der Waals surface area contributed by atoms with Crippen LogP contribution in [0.1, 0.15) is 12.5 Å². The highest BCUT2D eigenvalue weighted by atomic mass is 35.5. The molecule has 0 aliphatic rings. The Hall–Kier alpha value is -1.48. The Balaban J connectivity index is 2.17. The fourth-order valence-electron chi connectivity index (χ4n) is 1.87. The lowest BCUT2D eigenvalue weighted by molar-refractivity contribution is -0.652. The zero-order valence-corrected chi connectivity index (χ0v) is 11.6. The van der Waals surface area contributed by atoms with Crippen LogP contribution in [0, 0.1) is 0 Å². The van der Waals surface area contributed by atoms with Gasteiger partial charge in [-0.3, -0.25) is 14.6 Å². The van der Waals surface area contributed by atoms with E-state index in [1.54, 1.807) is 0 Å². The summed E-state index contributed by atoms with van der Waals surface area (Å²) in [4.78, 5) is 0. The Morgan fingerprint density at radius 3 is 2.56 bits per heavy atom. The predicted molar refractivity (Wildman–Crippen MR) is 77.1 cm³/mol. The van der Waals surface area contributed by atoms with Gasteiger partial charge in [0.05, 0.1) is 14.1 Å². The number of aryl methyl sites for hydroxylation is 2. The smallest absolute Gasteiger partial charge is 0.125 e. The molecule has 18 heavy (non-hydrogen) atoms. The normalized spacial score (nSPS) is 11.9. The van der Waals surface area contributed by atoms with E-state index in [2.05, 4.69) is 29.4 Å². The Morgan fingerprint density at radius 1 is 1.33 bits per heavy atom. The number of nitrogens with zero attached hydrogens (tertiary/aromatic N) is 2. The molecule has 0 aliphatic heterocycles. The Morgan fingerprint density at radius 2 is 2.00 bits per heavy atom. The first-order valence-corrected chi connectivity index (χ1v) is 6.23. The monoisotopic (exact) mass is 258 g/mol. The van der Waals surface area contributed by atoms with Crippen molar-refractivity contribution in [1.82, 2.24) is 4.57 Å². The van der Waals surface area contributed by atoms with Crippen molar-refractivity contribution in [3.05, 3.63) is 52.7 Å². The maximum Gasteiger partial charge on any atom is 0.125 e. The average Bonchev–Trinajstić information content (AvgIpc) is 2.64. The third-order valence-corrected chi connectivity index (χ3v) is 3.11. The molecule has 4 heteroatoms. The van der Waals surface area contributed by atoms with E-state index in [4.69, 9.17) is 11.6 Å². The van der Waals surface area contributed by atoms with Crippen LogP contribution in [-0.2, 0) is 14.1 Å². The predicted octanol–water partition coefficient (Wildman–Crippen LogP) is 1.89. The Bertz CT molecular complexity index is 550. The fraction of sp³-hybridized carbons (Fsp3) is 0.214. The molecule has 1 aromatic heterocycles. The van der Waals surface area contributed by atoms with Crippen molar-refractivity contribution in [2.24, 2.45) is 14.1 Å². The van der Waals surface area contributed by atoms with E-state index < -0.39 is 0 Å². The van der Waals surface area contributed by atoms with Gasteiger partial charge in [0.2, 0.25) is 0 Å². The van der Waals surface area contributed by atoms with Crippen molar-refractivity contribution < 1.29 is 4.57 Å². The Labute approximate surface area is 114 Å². The molecular weight excluding hydrogens is 242 g/mol. The van der Waals surface area contributed by atoms with E-state index in [-0.39, 0.29) is 0 Å². The van der Waals surface area contributed by atoms with Crippen LogP contribution < -0.4 is 10.3 Å². The molecule has 0 spiro atoms. The van der Waals surface area contributed by atoms with Crippen molar-refractivity contribution in [1.29, 1.82) is 0 Å². The molecular formula is C14H16BClN2. The van der Waals surface area contributed by atoms with Gasteiger partial charge in [-0.15, -0.1) is 0 Å². The molecule has 92 valence electrons. The van der Waals surface area contributed by atoms with Gasteiger partial charge in [0.15, 0.2) is 0 Å². The summed E-state index contributed by atoms with van der Waals surface area (Å²) in [5.74, 6) is 0. The molecule has 1 heterocycles. The standard InChI is InChI=1S/C14H16BClN2/c1-11(10-12-4-6-13(16)7-5-12)15-14-17(2)8-9-18(14)3/h4-10H,1-3H3/b11-10-. The quantitative estimate of drug-likeness (QED) is 0.587. The van der Waals surface area contributed by atoms with Crippen LogP contribution in [0.15, 0.2) is 42.1 Å². The summed E-state index contributed by atoms with van der Waals surface area (Å²) >= 11 is 5.87. The van der Waals surface area contributed by atoms with E-state index in [0.717, 1.165) is 16.3 Å². The number of imidazole rings is 1. The second-order valence-corrected chi connectivity index (χ2v) is 4.90. The summed E-state index contributed by atoms with van der Waals surface area (Å²) in [5.41, 5.74) is 3.53. The van der Waals surface area contributed by atoms with Crippen molar-refractivity contribution in [2.75, 3.05) is 0 Å². The summed E-state index contributed by atoms with van der Waals surface area (Å²) < 4.78 is 4.19. The van der Waals surface area contributed by atoms with Crippen LogP contribution in [0.2, 0.25) is 5.02 Å². The minimum Gasteiger partial charge on any atom is -0.291 e. The third-order valence-electron chi connectivity index (χ3n) is 2.86. The molecule has 0 bridgehead atoms. The second kappa shape index (κ2) is 5.45. The topological polar surface area (TPSA) is 8.81 Å². The van der Waals surface area contributed by atoms with Gasteiger partial charge >= 0.3 is 0 Å². The van der Waals surface area contributed by atoms with Gasteiger partial charge < -0.3 is 0 Å². The molecule has 0 fully saturated rings. The number of allylic oxidation sites excluding steroid dienone is 1. The van der Waals surface area contributed by atoms with E-state index >= 15 is 0 Å². The number of rotatable bonds is 3. The molecule has 2 rings (SSSR count). The largest absolute Gasteiger partial charge is 0.291 e. The summed E-state index contributed by atoms with van der Waals surface area (Å²) in [5, 5.41) is 0.766. The number of hydrogen-bond acceptors (Lipinski definition) is 0. The summed E-state index contributed by atoms with van der Waals surface area (Å²) in [6, 6.07) is 7.85. The van der Waals surface area contributed by atoms with E-state index in [9.17, 15) is 0 Å². The molecule has 0 N–H and O–H groups in total. The van der Waals surface area contributed by atoms with Gasteiger partial charge in [0.1, 0.15) is 12.4 Å². The van der Waals surface area contributed by atoms with Crippen LogP contribution in [0.4, 0.5) is 0 Å². The van der Waals surface area contributed by atoms with Crippen molar-refractivity contribution in [2.45, 2.75) is 6.92 Å². The minimum absolute atomic E-state index is 0.766. The van der Waals surface area contributed by atoms with E-state index in [0.29, 0.717) is 0 Å². The zero-order valence-electron chi connectivity index (χ0n) is 10.9. The summed E-state index contributed by atoms with van der Waals surface area (Å²) in [7, 11) is 6.25. The summed E-state index contributed by atoms with van der Waals surface area (Å²) in [6.07, 6.45) is 6.23. The maximum atomic E-state index is 5.87. The van der Waals surface area contributed by atoms with Crippen LogP contribution in [0.5, 0.6) is 0 Å². The van der Waals surface area contributed by atoms with Gasteiger partial charge in [0, 0.05) is 10.7 Å².